The lowest BCUT2D eigenvalue weighted by Gasteiger charge is -2.34. The zero-order valence-electron chi connectivity index (χ0n) is 7.69. The minimum atomic E-state index is -5.63. The van der Waals surface area contributed by atoms with Crippen molar-refractivity contribution in [3.05, 3.63) is 11.6 Å². The van der Waals surface area contributed by atoms with Crippen LogP contribution in [0.1, 0.15) is 6.92 Å². The van der Waals surface area contributed by atoms with Gasteiger partial charge in [-0.25, -0.2) is 0 Å². The second-order valence-electron chi connectivity index (χ2n) is 2.48. The van der Waals surface area contributed by atoms with Gasteiger partial charge in [-0.2, -0.15) is 0 Å². The Morgan fingerprint density at radius 1 is 1.40 bits per heavy atom. The summed E-state index contributed by atoms with van der Waals surface area (Å²) < 4.78 is 27.7. The predicted octanol–water partition coefficient (Wildman–Crippen LogP) is -1.74. The van der Waals surface area contributed by atoms with Crippen LogP contribution in [-0.4, -0.2) is 18.3 Å². The van der Waals surface area contributed by atoms with Crippen molar-refractivity contribution in [2.24, 2.45) is 0 Å². The molecule has 0 aliphatic carbocycles. The molecular formula is C5H9O8P2-3. The molecule has 1 unspecified atom stereocenters. The Morgan fingerprint density at radius 2 is 1.93 bits per heavy atom. The van der Waals surface area contributed by atoms with Gasteiger partial charge in [-0.3, -0.25) is 8.88 Å². The average Bonchev–Trinajstić information content (AvgIpc) is 1.98. The molecule has 15 heavy (non-hydrogen) atoms. The molecule has 1 N–H and O–H groups in total. The van der Waals surface area contributed by atoms with Crippen molar-refractivity contribution in [1.82, 2.24) is 0 Å². The van der Waals surface area contributed by atoms with E-state index in [1.165, 1.54) is 13.0 Å². The van der Waals surface area contributed by atoms with E-state index in [-0.39, 0.29) is 6.61 Å². The summed E-state index contributed by atoms with van der Waals surface area (Å²) in [5.41, 5.74) is 0.419. The monoisotopic (exact) mass is 259 g/mol. The van der Waals surface area contributed by atoms with Gasteiger partial charge in [0.1, 0.15) is 0 Å². The number of phosphoric acid groups is 2. The molecule has 0 amide bonds. The first-order valence-electron chi connectivity index (χ1n) is 3.62. The van der Waals surface area contributed by atoms with E-state index < -0.39 is 22.3 Å². The highest BCUT2D eigenvalue weighted by atomic mass is 31.3. The van der Waals surface area contributed by atoms with Gasteiger partial charge in [0.15, 0.2) is 0 Å². The zero-order chi connectivity index (χ0) is 12.1. The summed E-state index contributed by atoms with van der Waals surface area (Å²) in [4.78, 5) is 30.5. The fourth-order valence-corrected chi connectivity index (χ4v) is 1.91. The van der Waals surface area contributed by atoms with Crippen LogP contribution >= 0.6 is 15.6 Å². The first-order valence-corrected chi connectivity index (χ1v) is 6.54. The van der Waals surface area contributed by atoms with E-state index in [0.717, 1.165) is 0 Å². The van der Waals surface area contributed by atoms with Gasteiger partial charge in [-0.1, -0.05) is 6.08 Å². The topological polar surface area (TPSA) is 142 Å². The van der Waals surface area contributed by atoms with Crippen molar-refractivity contribution in [2.75, 3.05) is 13.2 Å². The van der Waals surface area contributed by atoms with Gasteiger partial charge in [0.2, 0.25) is 0 Å². The van der Waals surface area contributed by atoms with Crippen LogP contribution in [0.4, 0.5) is 0 Å². The van der Waals surface area contributed by atoms with Crippen LogP contribution in [0.5, 0.6) is 0 Å². The first-order chi connectivity index (χ1) is 6.66. The van der Waals surface area contributed by atoms with E-state index in [1.54, 1.807) is 0 Å². The Morgan fingerprint density at radius 3 is 2.33 bits per heavy atom. The Bertz CT molecular complexity index is 317. The SMILES string of the molecule is C/C(=C\COP(=O)([O-])OP(=O)([O-])[O-])CO. The minimum absolute atomic E-state index is 0.297. The number of phosphoric ester groups is 1. The summed E-state index contributed by atoms with van der Waals surface area (Å²) in [6.45, 7) is 0.675. The van der Waals surface area contributed by atoms with Crippen LogP contribution in [0.25, 0.3) is 0 Å². The molecule has 90 valence electrons. The van der Waals surface area contributed by atoms with Crippen molar-refractivity contribution < 1.29 is 37.8 Å². The quantitative estimate of drug-likeness (QED) is 0.437. The van der Waals surface area contributed by atoms with E-state index in [2.05, 4.69) is 8.83 Å². The second kappa shape index (κ2) is 5.89. The molecule has 0 aromatic heterocycles. The van der Waals surface area contributed by atoms with E-state index in [1.807, 2.05) is 0 Å². The van der Waals surface area contributed by atoms with E-state index in [0.29, 0.717) is 5.57 Å². The molecule has 0 fully saturated rings. The Labute approximate surface area is 86.0 Å². The molecule has 0 heterocycles. The maximum absolute atomic E-state index is 10.6. The lowest BCUT2D eigenvalue weighted by Crippen LogP contribution is -2.19. The molecule has 0 bridgehead atoms. The van der Waals surface area contributed by atoms with Gasteiger partial charge in [0.25, 0.3) is 7.82 Å². The van der Waals surface area contributed by atoms with E-state index >= 15 is 0 Å². The van der Waals surface area contributed by atoms with Crippen LogP contribution in [0.3, 0.4) is 0 Å². The van der Waals surface area contributed by atoms with Crippen molar-refractivity contribution in [2.45, 2.75) is 6.92 Å². The summed E-state index contributed by atoms with van der Waals surface area (Å²) in [6.07, 6.45) is 1.19. The fraction of sp³-hybridized carbons (Fsp3) is 0.600. The Kier molecular flexibility index (Phi) is 5.87. The van der Waals surface area contributed by atoms with Crippen LogP contribution in [0.2, 0.25) is 0 Å². The molecule has 1 atom stereocenters. The summed E-state index contributed by atoms with van der Waals surface area (Å²) in [5.74, 6) is 0. The van der Waals surface area contributed by atoms with Gasteiger partial charge < -0.3 is 28.9 Å². The minimum Gasteiger partial charge on any atom is -0.790 e. The molecule has 0 spiro atoms. The summed E-state index contributed by atoms with van der Waals surface area (Å²) in [7, 11) is -10.8. The molecule has 0 radical (unpaired) electrons. The normalized spacial score (nSPS) is 17.5. The van der Waals surface area contributed by atoms with Gasteiger partial charge in [0.05, 0.1) is 21.0 Å². The largest absolute Gasteiger partial charge is 0.790 e. The smallest absolute Gasteiger partial charge is 0.272 e. The molecule has 0 aliphatic heterocycles. The third-order valence-electron chi connectivity index (χ3n) is 1.11. The first kappa shape index (κ1) is 15.0. The summed E-state index contributed by atoms with van der Waals surface area (Å²) in [5, 5.41) is 8.50. The Hall–Kier alpha value is -0.0400. The lowest BCUT2D eigenvalue weighted by molar-refractivity contribution is -0.339. The molecule has 0 saturated heterocycles. The van der Waals surface area contributed by atoms with Crippen LogP contribution in [0.15, 0.2) is 11.6 Å². The molecule has 0 aromatic rings. The molecule has 0 aromatic carbocycles. The maximum Gasteiger partial charge on any atom is 0.272 e. The summed E-state index contributed by atoms with van der Waals surface area (Å²) in [6, 6.07) is 0. The van der Waals surface area contributed by atoms with Crippen molar-refractivity contribution in [1.29, 1.82) is 0 Å². The van der Waals surface area contributed by atoms with Gasteiger partial charge in [0, 0.05) is 0 Å². The highest BCUT2D eigenvalue weighted by Crippen LogP contribution is 2.50. The number of rotatable bonds is 6. The number of hydrogen-bond donors (Lipinski definition) is 1. The van der Waals surface area contributed by atoms with Crippen LogP contribution in [0, 0.1) is 0 Å². The van der Waals surface area contributed by atoms with Gasteiger partial charge in [-0.05, 0) is 12.5 Å². The Balaban J connectivity index is 4.18. The van der Waals surface area contributed by atoms with Crippen molar-refractivity contribution >= 4 is 15.6 Å². The molecule has 0 saturated carbocycles. The van der Waals surface area contributed by atoms with Crippen molar-refractivity contribution in [3.63, 3.8) is 0 Å². The predicted molar refractivity (Wildman–Crippen MR) is 43.1 cm³/mol. The molecule has 8 nitrogen and oxygen atoms in total. The standard InChI is InChI=1S/C5H12O8P2/c1-5(4-6)2-3-12-15(10,11)13-14(7,8)9/h2,6H,3-4H2,1H3,(H,10,11)(H2,7,8,9)/p-3/b5-2+. The number of aliphatic hydroxyl groups is 1. The second-order valence-corrected chi connectivity index (χ2v) is 5.18. The third-order valence-corrected chi connectivity index (χ3v) is 3.18. The molecule has 10 heteroatoms. The molecule has 0 aliphatic rings. The zero-order valence-corrected chi connectivity index (χ0v) is 9.48. The van der Waals surface area contributed by atoms with Gasteiger partial charge in [-0.15, -0.1) is 0 Å². The highest BCUT2D eigenvalue weighted by Gasteiger charge is 2.10. The third kappa shape index (κ3) is 8.92. The maximum atomic E-state index is 10.6. The van der Waals surface area contributed by atoms with Crippen molar-refractivity contribution in [3.8, 4) is 0 Å². The van der Waals surface area contributed by atoms with Crippen LogP contribution in [-0.2, 0) is 18.0 Å². The lowest BCUT2D eigenvalue weighted by atomic mass is 10.3. The van der Waals surface area contributed by atoms with Gasteiger partial charge >= 0.3 is 0 Å². The number of aliphatic hydroxyl groups excluding tert-OH is 1. The summed E-state index contributed by atoms with van der Waals surface area (Å²) >= 11 is 0. The van der Waals surface area contributed by atoms with Crippen LogP contribution < -0.4 is 14.7 Å². The molecular weight excluding hydrogens is 250 g/mol. The average molecular weight is 259 g/mol. The van der Waals surface area contributed by atoms with E-state index in [4.69, 9.17) is 5.11 Å². The highest BCUT2D eigenvalue weighted by molar-refractivity contribution is 7.58. The molecule has 0 rings (SSSR count). The fourth-order valence-electron chi connectivity index (χ4n) is 0.481. The number of hydrogen-bond acceptors (Lipinski definition) is 8. The van der Waals surface area contributed by atoms with E-state index in [9.17, 15) is 23.8 Å².